The third-order valence-corrected chi connectivity index (χ3v) is 9.24. The van der Waals surface area contributed by atoms with Crippen LogP contribution in [0.15, 0.2) is 127 Å². The Labute approximate surface area is 265 Å². The highest BCUT2D eigenvalue weighted by atomic mass is 15.4. The van der Waals surface area contributed by atoms with Gasteiger partial charge in [0.15, 0.2) is 0 Å². The quantitative estimate of drug-likeness (QED) is 0.181. The van der Waals surface area contributed by atoms with Gasteiger partial charge in [0.2, 0.25) is 0 Å². The summed E-state index contributed by atoms with van der Waals surface area (Å²) < 4.78 is 0. The van der Waals surface area contributed by atoms with E-state index in [9.17, 15) is 0 Å². The third kappa shape index (κ3) is 5.66. The van der Waals surface area contributed by atoms with E-state index in [0.29, 0.717) is 17.8 Å². The second-order valence-corrected chi connectivity index (χ2v) is 13.2. The number of nitrogens with zero attached hydrogens (tertiary/aromatic N) is 2. The van der Waals surface area contributed by atoms with Crippen molar-refractivity contribution in [1.82, 2.24) is 0 Å². The highest BCUT2D eigenvalue weighted by Gasteiger charge is 2.44. The molecule has 0 saturated carbocycles. The van der Waals surface area contributed by atoms with Gasteiger partial charge < -0.3 is 9.80 Å². The number of benzene rings is 5. The van der Waals surface area contributed by atoms with Gasteiger partial charge in [0.05, 0.1) is 18.8 Å². The zero-order valence-corrected chi connectivity index (χ0v) is 27.1. The summed E-state index contributed by atoms with van der Waals surface area (Å²) in [7, 11) is 0. The molecule has 1 heterocycles. The summed E-state index contributed by atoms with van der Waals surface area (Å²) in [6, 6.07) is 47.4. The van der Waals surface area contributed by atoms with Crippen molar-refractivity contribution in [3.63, 3.8) is 0 Å². The SMILES string of the molecule is CC(C)c1cc(C(C)C)c(N2CN(c3ccccc3-c3ccccc3)[C@@H](c3ccccc3)[C@@H]2c2ccccc2)c(C(C)C)c1. The maximum atomic E-state index is 2.74. The van der Waals surface area contributed by atoms with E-state index >= 15 is 0 Å². The Kier molecular flexibility index (Phi) is 8.62. The van der Waals surface area contributed by atoms with E-state index in [2.05, 4.69) is 179 Å². The van der Waals surface area contributed by atoms with E-state index in [1.807, 2.05) is 0 Å². The molecule has 6 rings (SSSR count). The number of para-hydroxylation sites is 1. The highest BCUT2D eigenvalue weighted by molar-refractivity contribution is 5.81. The zero-order chi connectivity index (χ0) is 30.8. The van der Waals surface area contributed by atoms with E-state index in [1.165, 1.54) is 50.3 Å². The highest BCUT2D eigenvalue weighted by Crippen LogP contribution is 2.52. The first-order chi connectivity index (χ1) is 21.3. The van der Waals surface area contributed by atoms with Crippen LogP contribution in [0.1, 0.15) is 99.2 Å². The van der Waals surface area contributed by atoms with E-state index in [1.54, 1.807) is 0 Å². The second-order valence-electron chi connectivity index (χ2n) is 13.2. The minimum absolute atomic E-state index is 0.119. The van der Waals surface area contributed by atoms with Gasteiger partial charge in [0, 0.05) is 16.9 Å². The lowest BCUT2D eigenvalue weighted by molar-refractivity contribution is 0.614. The Bertz CT molecular complexity index is 1640. The molecule has 1 aliphatic heterocycles. The van der Waals surface area contributed by atoms with Crippen molar-refractivity contribution < 1.29 is 0 Å². The van der Waals surface area contributed by atoms with Crippen molar-refractivity contribution in [3.8, 4) is 11.1 Å². The molecule has 2 atom stereocenters. The minimum Gasteiger partial charge on any atom is -0.344 e. The number of rotatable bonds is 8. The van der Waals surface area contributed by atoms with Crippen LogP contribution >= 0.6 is 0 Å². The molecule has 5 aromatic carbocycles. The molecule has 1 saturated heterocycles. The first-order valence-electron chi connectivity index (χ1n) is 16.3. The molecule has 0 aliphatic carbocycles. The maximum absolute atomic E-state index is 2.74. The largest absolute Gasteiger partial charge is 0.344 e. The lowest BCUT2D eigenvalue weighted by Crippen LogP contribution is -2.29. The molecule has 0 bridgehead atoms. The Balaban J connectivity index is 1.64. The molecule has 0 spiro atoms. The van der Waals surface area contributed by atoms with Crippen molar-refractivity contribution in [2.75, 3.05) is 16.5 Å². The molecule has 1 fully saturated rings. The van der Waals surface area contributed by atoms with Crippen molar-refractivity contribution in [2.24, 2.45) is 0 Å². The Morgan fingerprint density at radius 3 is 1.45 bits per heavy atom. The molecule has 1 aliphatic rings. The second kappa shape index (κ2) is 12.7. The van der Waals surface area contributed by atoms with Crippen molar-refractivity contribution in [2.45, 2.75) is 71.4 Å². The van der Waals surface area contributed by atoms with Crippen molar-refractivity contribution in [1.29, 1.82) is 0 Å². The summed E-state index contributed by atoms with van der Waals surface area (Å²) in [4.78, 5) is 5.41. The van der Waals surface area contributed by atoms with Crippen LogP contribution in [0.5, 0.6) is 0 Å². The summed E-state index contributed by atoms with van der Waals surface area (Å²) in [6.07, 6.45) is 0. The average molecular weight is 579 g/mol. The Morgan fingerprint density at radius 1 is 0.500 bits per heavy atom. The van der Waals surface area contributed by atoms with E-state index in [4.69, 9.17) is 0 Å². The predicted molar refractivity (Wildman–Crippen MR) is 189 cm³/mol. The fourth-order valence-electron chi connectivity index (χ4n) is 6.98. The van der Waals surface area contributed by atoms with E-state index in [-0.39, 0.29) is 12.1 Å². The molecule has 44 heavy (non-hydrogen) atoms. The molecule has 0 aromatic heterocycles. The fraction of sp³-hybridized carbons (Fsp3) is 0.286. The van der Waals surface area contributed by atoms with Gasteiger partial charge in [-0.25, -0.2) is 0 Å². The summed E-state index contributed by atoms with van der Waals surface area (Å²) in [5, 5.41) is 0. The summed E-state index contributed by atoms with van der Waals surface area (Å²) in [5.74, 6) is 1.28. The molecular weight excluding hydrogens is 532 g/mol. The third-order valence-electron chi connectivity index (χ3n) is 9.24. The van der Waals surface area contributed by atoms with Crippen LogP contribution in [0.3, 0.4) is 0 Å². The molecular formula is C42H46N2. The summed E-state index contributed by atoms with van der Waals surface area (Å²) >= 11 is 0. The smallest absolute Gasteiger partial charge is 0.0917 e. The molecule has 0 radical (unpaired) electrons. The van der Waals surface area contributed by atoms with Crippen LogP contribution in [0, 0.1) is 0 Å². The van der Waals surface area contributed by atoms with Gasteiger partial charge in [0.1, 0.15) is 0 Å². The average Bonchev–Trinajstić information content (AvgIpc) is 3.45. The summed E-state index contributed by atoms with van der Waals surface area (Å²) in [5.41, 5.74) is 12.2. The van der Waals surface area contributed by atoms with E-state index in [0.717, 1.165) is 6.67 Å². The monoisotopic (exact) mass is 578 g/mol. The first kappa shape index (κ1) is 29.8. The van der Waals surface area contributed by atoms with Gasteiger partial charge in [-0.2, -0.15) is 0 Å². The Hall–Kier alpha value is -4.30. The predicted octanol–water partition coefficient (Wildman–Crippen LogP) is 11.5. The molecule has 0 amide bonds. The lowest BCUT2D eigenvalue weighted by atomic mass is 9.85. The van der Waals surface area contributed by atoms with Crippen LogP contribution in [0.2, 0.25) is 0 Å². The van der Waals surface area contributed by atoms with Crippen LogP contribution in [-0.4, -0.2) is 6.67 Å². The lowest BCUT2D eigenvalue weighted by Gasteiger charge is -2.34. The van der Waals surface area contributed by atoms with Gasteiger partial charge in [0.25, 0.3) is 0 Å². The molecule has 224 valence electrons. The first-order valence-corrected chi connectivity index (χ1v) is 16.3. The maximum Gasteiger partial charge on any atom is 0.0917 e. The molecule has 2 heteroatoms. The van der Waals surface area contributed by atoms with Gasteiger partial charge in [-0.15, -0.1) is 0 Å². The van der Waals surface area contributed by atoms with Crippen LogP contribution in [-0.2, 0) is 0 Å². The van der Waals surface area contributed by atoms with Gasteiger partial charge in [-0.1, -0.05) is 163 Å². The van der Waals surface area contributed by atoms with Gasteiger partial charge in [-0.05, 0) is 57.2 Å². The van der Waals surface area contributed by atoms with Gasteiger partial charge in [-0.3, -0.25) is 0 Å². The number of hydrogen-bond donors (Lipinski definition) is 0. The standard InChI is InChI=1S/C42H46N2/c1-29(2)35-26-37(30(3)4)42(38(27-35)31(5)6)44-28-43(39-25-17-16-24-36(39)32-18-10-7-11-19-32)40(33-20-12-8-13-21-33)41(44)34-22-14-9-15-23-34/h7-27,29-31,40-41H,28H2,1-6H3/t40-,41-/m0/s1. The van der Waals surface area contributed by atoms with Crippen LogP contribution < -0.4 is 9.80 Å². The van der Waals surface area contributed by atoms with Crippen molar-refractivity contribution in [3.05, 3.63) is 155 Å². The summed E-state index contributed by atoms with van der Waals surface area (Å²) in [6.45, 7) is 14.9. The fourth-order valence-corrected chi connectivity index (χ4v) is 6.98. The minimum atomic E-state index is 0.119. The van der Waals surface area contributed by atoms with Crippen molar-refractivity contribution >= 4 is 11.4 Å². The zero-order valence-electron chi connectivity index (χ0n) is 27.1. The van der Waals surface area contributed by atoms with Gasteiger partial charge >= 0.3 is 0 Å². The molecule has 0 unspecified atom stereocenters. The number of hydrogen-bond acceptors (Lipinski definition) is 2. The van der Waals surface area contributed by atoms with Crippen LogP contribution in [0.25, 0.3) is 11.1 Å². The molecule has 2 nitrogen and oxygen atoms in total. The Morgan fingerprint density at radius 2 is 0.955 bits per heavy atom. The van der Waals surface area contributed by atoms with E-state index < -0.39 is 0 Å². The number of anilines is 2. The molecule has 5 aromatic rings. The van der Waals surface area contributed by atoms with Crippen LogP contribution in [0.4, 0.5) is 11.4 Å². The topological polar surface area (TPSA) is 6.48 Å². The normalized spacial score (nSPS) is 16.8. The molecule has 0 N–H and O–H groups in total.